The van der Waals surface area contributed by atoms with Crippen molar-refractivity contribution in [1.82, 2.24) is 0 Å². The number of allylic oxidation sites excluding steroid dienone is 1. The molecule has 3 heteroatoms. The van der Waals surface area contributed by atoms with Crippen LogP contribution in [0.2, 0.25) is 0 Å². The van der Waals surface area contributed by atoms with Crippen LogP contribution in [0.3, 0.4) is 0 Å². The molecule has 0 saturated carbocycles. The normalized spacial score (nSPS) is 11.7. The maximum atomic E-state index is 5.43. The minimum atomic E-state index is 0.549. The highest BCUT2D eigenvalue weighted by Gasteiger charge is 1.92. The lowest BCUT2D eigenvalue weighted by atomic mass is 10.2. The van der Waals surface area contributed by atoms with Crippen molar-refractivity contribution in [2.45, 2.75) is 13.8 Å². The van der Waals surface area contributed by atoms with E-state index >= 15 is 0 Å². The summed E-state index contributed by atoms with van der Waals surface area (Å²) in [6.07, 6.45) is 3.78. The summed E-state index contributed by atoms with van der Waals surface area (Å²) < 4.78 is 10.6. The van der Waals surface area contributed by atoms with E-state index < -0.39 is 0 Å². The zero-order valence-corrected chi connectivity index (χ0v) is 9.22. The van der Waals surface area contributed by atoms with E-state index in [0.717, 1.165) is 6.61 Å². The fourth-order valence-corrected chi connectivity index (χ4v) is 0.845. The van der Waals surface area contributed by atoms with Crippen molar-refractivity contribution in [3.05, 3.63) is 12.2 Å². The van der Waals surface area contributed by atoms with Crippen LogP contribution in [0, 0.1) is 5.92 Å². The van der Waals surface area contributed by atoms with E-state index in [1.807, 2.05) is 12.2 Å². The van der Waals surface area contributed by atoms with Crippen LogP contribution in [0.1, 0.15) is 13.8 Å². The predicted molar refractivity (Wildman–Crippen MR) is 56.3 cm³/mol. The number of halogens is 1. The van der Waals surface area contributed by atoms with Gasteiger partial charge in [0.2, 0.25) is 0 Å². The third kappa shape index (κ3) is 12.0. The molecule has 0 amide bonds. The lowest BCUT2D eigenvalue weighted by Crippen LogP contribution is -2.08. The highest BCUT2D eigenvalue weighted by molar-refractivity contribution is 6.18. The average molecular weight is 207 g/mol. The van der Waals surface area contributed by atoms with Gasteiger partial charge in [-0.05, 0) is 5.92 Å². The lowest BCUT2D eigenvalue weighted by Gasteiger charge is -2.06. The van der Waals surface area contributed by atoms with Crippen molar-refractivity contribution in [2.24, 2.45) is 5.92 Å². The summed E-state index contributed by atoms with van der Waals surface area (Å²) in [4.78, 5) is 0. The molecule has 0 saturated heterocycles. The summed E-state index contributed by atoms with van der Waals surface area (Å²) in [5, 5.41) is 0. The van der Waals surface area contributed by atoms with E-state index in [1.165, 1.54) is 0 Å². The molecule has 0 N–H and O–H groups in total. The number of rotatable bonds is 8. The number of ether oxygens (including phenoxy) is 2. The zero-order valence-electron chi connectivity index (χ0n) is 8.46. The van der Waals surface area contributed by atoms with Gasteiger partial charge < -0.3 is 9.47 Å². The Morgan fingerprint density at radius 3 is 2.46 bits per heavy atom. The summed E-state index contributed by atoms with van der Waals surface area (Å²) in [7, 11) is 0. The Balaban J connectivity index is 2.95. The van der Waals surface area contributed by atoms with Crippen LogP contribution in [0.4, 0.5) is 0 Å². The zero-order chi connectivity index (χ0) is 9.94. The second kappa shape index (κ2) is 10.0. The molecule has 0 heterocycles. The first-order valence-electron chi connectivity index (χ1n) is 4.63. The van der Waals surface area contributed by atoms with E-state index in [0.29, 0.717) is 31.6 Å². The van der Waals surface area contributed by atoms with E-state index in [1.54, 1.807) is 0 Å². The maximum absolute atomic E-state index is 5.43. The average Bonchev–Trinajstić information content (AvgIpc) is 2.09. The third-order valence-electron chi connectivity index (χ3n) is 1.29. The van der Waals surface area contributed by atoms with Crippen LogP contribution >= 0.6 is 11.6 Å². The molecule has 0 aromatic carbocycles. The van der Waals surface area contributed by atoms with Gasteiger partial charge in [-0.25, -0.2) is 0 Å². The molecule has 0 bridgehead atoms. The fourth-order valence-electron chi connectivity index (χ4n) is 0.719. The highest BCUT2D eigenvalue weighted by Crippen LogP contribution is 1.91. The Morgan fingerprint density at radius 2 is 1.85 bits per heavy atom. The van der Waals surface area contributed by atoms with Crippen LogP contribution in [0.5, 0.6) is 0 Å². The molecule has 0 radical (unpaired) electrons. The summed E-state index contributed by atoms with van der Waals surface area (Å²) in [5.74, 6) is 1.14. The SMILES string of the molecule is CC(C)COCCOC/C=C/CCl. The molecular weight excluding hydrogens is 188 g/mol. The molecule has 0 unspecified atom stereocenters. The standard InChI is InChI=1S/C10H19ClO2/c1-10(2)9-13-8-7-12-6-4-3-5-11/h3-4,10H,5-9H2,1-2H3/b4-3+. The number of alkyl halides is 1. The van der Waals surface area contributed by atoms with E-state index in [4.69, 9.17) is 21.1 Å². The largest absolute Gasteiger partial charge is 0.379 e. The first kappa shape index (κ1) is 12.9. The van der Waals surface area contributed by atoms with E-state index in [-0.39, 0.29) is 0 Å². The van der Waals surface area contributed by atoms with Crippen molar-refractivity contribution in [3.63, 3.8) is 0 Å². The van der Waals surface area contributed by atoms with Gasteiger partial charge >= 0.3 is 0 Å². The smallest absolute Gasteiger partial charge is 0.0704 e. The lowest BCUT2D eigenvalue weighted by molar-refractivity contribution is 0.0469. The van der Waals surface area contributed by atoms with E-state index in [2.05, 4.69) is 13.8 Å². The van der Waals surface area contributed by atoms with Gasteiger partial charge in [0.05, 0.1) is 19.8 Å². The van der Waals surface area contributed by atoms with Crippen molar-refractivity contribution in [2.75, 3.05) is 32.3 Å². The molecule has 0 fully saturated rings. The minimum absolute atomic E-state index is 0.549. The number of hydrogen-bond donors (Lipinski definition) is 0. The van der Waals surface area contributed by atoms with Crippen LogP contribution in [0.25, 0.3) is 0 Å². The van der Waals surface area contributed by atoms with Crippen LogP contribution in [-0.4, -0.2) is 32.3 Å². The van der Waals surface area contributed by atoms with Gasteiger partial charge in [-0.1, -0.05) is 26.0 Å². The molecule has 0 aromatic rings. The second-order valence-corrected chi connectivity index (χ2v) is 3.48. The Morgan fingerprint density at radius 1 is 1.15 bits per heavy atom. The van der Waals surface area contributed by atoms with Crippen molar-refractivity contribution in [3.8, 4) is 0 Å². The third-order valence-corrected chi connectivity index (χ3v) is 1.47. The second-order valence-electron chi connectivity index (χ2n) is 3.17. The van der Waals surface area contributed by atoms with E-state index in [9.17, 15) is 0 Å². The molecule has 0 aliphatic rings. The summed E-state index contributed by atoms with van der Waals surface area (Å²) in [6.45, 7) is 7.01. The number of hydrogen-bond acceptors (Lipinski definition) is 2. The van der Waals surface area contributed by atoms with Gasteiger partial charge in [0.1, 0.15) is 0 Å². The quantitative estimate of drug-likeness (QED) is 0.345. The van der Waals surface area contributed by atoms with Gasteiger partial charge in [0.15, 0.2) is 0 Å². The van der Waals surface area contributed by atoms with Gasteiger partial charge in [-0.2, -0.15) is 0 Å². The molecule has 0 aliphatic carbocycles. The van der Waals surface area contributed by atoms with Crippen molar-refractivity contribution < 1.29 is 9.47 Å². The molecular formula is C10H19ClO2. The summed E-state index contributed by atoms with van der Waals surface area (Å²) >= 11 is 5.43. The van der Waals surface area contributed by atoms with Gasteiger partial charge in [-0.3, -0.25) is 0 Å². The molecule has 0 aromatic heterocycles. The maximum Gasteiger partial charge on any atom is 0.0704 e. The van der Waals surface area contributed by atoms with Gasteiger partial charge in [-0.15, -0.1) is 11.6 Å². The molecule has 13 heavy (non-hydrogen) atoms. The summed E-state index contributed by atoms with van der Waals surface area (Å²) in [5.41, 5.74) is 0. The topological polar surface area (TPSA) is 18.5 Å². The molecule has 0 rings (SSSR count). The Labute approximate surface area is 85.9 Å². The van der Waals surface area contributed by atoms with Crippen LogP contribution in [0.15, 0.2) is 12.2 Å². The fraction of sp³-hybridized carbons (Fsp3) is 0.800. The highest BCUT2D eigenvalue weighted by atomic mass is 35.5. The van der Waals surface area contributed by atoms with Crippen LogP contribution in [-0.2, 0) is 9.47 Å². The molecule has 2 nitrogen and oxygen atoms in total. The van der Waals surface area contributed by atoms with Gasteiger partial charge in [0, 0.05) is 12.5 Å². The molecule has 0 spiro atoms. The molecule has 0 atom stereocenters. The Bertz CT molecular complexity index is 124. The first-order chi connectivity index (χ1) is 6.27. The predicted octanol–water partition coefficient (Wildman–Crippen LogP) is 2.47. The first-order valence-corrected chi connectivity index (χ1v) is 5.17. The molecule has 0 aliphatic heterocycles. The Kier molecular flexibility index (Phi) is 10.00. The summed E-state index contributed by atoms with van der Waals surface area (Å²) in [6, 6.07) is 0. The van der Waals surface area contributed by atoms with Crippen molar-refractivity contribution >= 4 is 11.6 Å². The Hall–Kier alpha value is -0.0500. The van der Waals surface area contributed by atoms with Crippen molar-refractivity contribution in [1.29, 1.82) is 0 Å². The minimum Gasteiger partial charge on any atom is -0.379 e. The monoisotopic (exact) mass is 206 g/mol. The molecule has 78 valence electrons. The van der Waals surface area contributed by atoms with Gasteiger partial charge in [0.25, 0.3) is 0 Å². The van der Waals surface area contributed by atoms with Crippen LogP contribution < -0.4 is 0 Å².